The zero-order chi connectivity index (χ0) is 27.0. The summed E-state index contributed by atoms with van der Waals surface area (Å²) in [6.45, 7) is 2.56. The molecule has 15 heteroatoms. The molecule has 0 saturated carbocycles. The van der Waals surface area contributed by atoms with Crippen molar-refractivity contribution in [3.8, 4) is 11.4 Å². The molecule has 4 aromatic rings. The molecule has 0 spiro atoms. The van der Waals surface area contributed by atoms with Gasteiger partial charge in [0.15, 0.2) is 0 Å². The monoisotopic (exact) mass is 534 g/mol. The van der Waals surface area contributed by atoms with Gasteiger partial charge in [-0.05, 0) is 25.1 Å². The first-order valence-electron chi connectivity index (χ1n) is 10.5. The van der Waals surface area contributed by atoms with Gasteiger partial charge in [0.25, 0.3) is 5.56 Å². The van der Waals surface area contributed by atoms with Gasteiger partial charge in [-0.3, -0.25) is 4.79 Å². The average Bonchev–Trinajstić information content (AvgIpc) is 3.29. The lowest BCUT2D eigenvalue weighted by Gasteiger charge is -2.14. The number of aromatic nitrogens is 5. The molecule has 0 bridgehead atoms. The highest BCUT2D eigenvalue weighted by atomic mass is 32.2. The summed E-state index contributed by atoms with van der Waals surface area (Å²) >= 11 is 0. The minimum absolute atomic E-state index is 0.0408. The van der Waals surface area contributed by atoms with Crippen molar-refractivity contribution >= 4 is 31.8 Å². The first-order chi connectivity index (χ1) is 16.5. The normalized spacial score (nSPS) is 14.6. The van der Waals surface area contributed by atoms with Crippen molar-refractivity contribution in [2.24, 2.45) is 14.1 Å². The molecule has 0 aliphatic carbocycles. The molecule has 1 unspecified atom stereocenters. The van der Waals surface area contributed by atoms with Crippen LogP contribution < -0.4 is 5.56 Å². The quantitative estimate of drug-likeness (QED) is 0.382. The molecule has 36 heavy (non-hydrogen) atoms. The second kappa shape index (κ2) is 8.08. The van der Waals surface area contributed by atoms with E-state index in [1.807, 2.05) is 0 Å². The maximum atomic E-state index is 13.6. The number of imidazole rings is 2. The Bertz CT molecular complexity index is 1690. The summed E-state index contributed by atoms with van der Waals surface area (Å²) in [7, 11) is -1.08. The van der Waals surface area contributed by atoms with Crippen molar-refractivity contribution in [2.45, 2.75) is 37.6 Å². The fourth-order valence-corrected chi connectivity index (χ4v) is 5.30. The molecule has 3 aromatic heterocycles. The second-order valence-corrected chi connectivity index (χ2v) is 10.5. The lowest BCUT2D eigenvalue weighted by Crippen LogP contribution is -2.28. The lowest BCUT2D eigenvalue weighted by atomic mass is 10.2. The van der Waals surface area contributed by atoms with E-state index < -0.39 is 39.2 Å². The lowest BCUT2D eigenvalue weighted by molar-refractivity contribution is -0.146. The van der Waals surface area contributed by atoms with Crippen LogP contribution in [-0.4, -0.2) is 33.6 Å². The molecule has 0 radical (unpaired) electrons. The van der Waals surface area contributed by atoms with Gasteiger partial charge in [-0.2, -0.15) is 26.3 Å². The molecule has 0 amide bonds. The van der Waals surface area contributed by atoms with E-state index in [0.29, 0.717) is 10.6 Å². The topological polar surface area (TPSA) is 98.6 Å². The maximum Gasteiger partial charge on any atom is 0.449 e. The summed E-state index contributed by atoms with van der Waals surface area (Å²) in [6, 6.07) is 3.02. The zero-order valence-electron chi connectivity index (χ0n) is 19.4. The number of pyridine rings is 1. The Morgan fingerprint density at radius 1 is 0.944 bits per heavy atom. The standard InChI is InChI=1S/C21H20F6N6O2S/c1-5-33-15(20(22,23)24)8-12-16(18(33)34)32(4)17(29-12)10-7-11-13(9-14(10)36(28,35)6-2)31(3)19(30-11)21(25,26)27/h7-9,28H,5-6H2,1-4H3. The Labute approximate surface area is 200 Å². The molecule has 1 aromatic carbocycles. The fourth-order valence-electron chi connectivity index (χ4n) is 4.18. The fraction of sp³-hybridized carbons (Fsp3) is 0.381. The predicted octanol–water partition coefficient (Wildman–Crippen LogP) is 4.77. The zero-order valence-corrected chi connectivity index (χ0v) is 20.2. The summed E-state index contributed by atoms with van der Waals surface area (Å²) in [5.74, 6) is -1.55. The number of hydrogen-bond donors (Lipinski definition) is 1. The van der Waals surface area contributed by atoms with E-state index in [4.69, 9.17) is 4.78 Å². The van der Waals surface area contributed by atoms with E-state index >= 15 is 0 Å². The van der Waals surface area contributed by atoms with Gasteiger partial charge in [-0.25, -0.2) is 19.0 Å². The number of benzene rings is 1. The summed E-state index contributed by atoms with van der Waals surface area (Å²) in [6.07, 6.45) is -9.64. The first kappa shape index (κ1) is 25.7. The Kier molecular flexibility index (Phi) is 5.77. The van der Waals surface area contributed by atoms with Crippen LogP contribution in [0.2, 0.25) is 0 Å². The minimum Gasteiger partial charge on any atom is -0.323 e. The van der Waals surface area contributed by atoms with E-state index in [1.54, 1.807) is 0 Å². The Morgan fingerprint density at radius 2 is 1.58 bits per heavy atom. The molecule has 0 aliphatic heterocycles. The molecular weight excluding hydrogens is 514 g/mol. The number of hydrogen-bond acceptors (Lipinski definition) is 5. The molecule has 1 N–H and O–H groups in total. The Morgan fingerprint density at radius 3 is 2.11 bits per heavy atom. The molecule has 1 atom stereocenters. The molecule has 194 valence electrons. The van der Waals surface area contributed by atoms with Crippen LogP contribution in [0.25, 0.3) is 33.5 Å². The van der Waals surface area contributed by atoms with Gasteiger partial charge in [0.1, 0.15) is 17.0 Å². The van der Waals surface area contributed by atoms with Crippen molar-refractivity contribution < 1.29 is 30.6 Å². The Hall–Kier alpha value is -3.36. The van der Waals surface area contributed by atoms with Crippen molar-refractivity contribution in [1.29, 1.82) is 4.78 Å². The van der Waals surface area contributed by atoms with Crippen LogP contribution in [0, 0.1) is 4.78 Å². The van der Waals surface area contributed by atoms with Crippen molar-refractivity contribution in [3.05, 3.63) is 40.1 Å². The number of nitrogens with one attached hydrogen (secondary N) is 1. The smallest absolute Gasteiger partial charge is 0.323 e. The molecule has 0 aliphatic rings. The van der Waals surface area contributed by atoms with Crippen molar-refractivity contribution in [3.63, 3.8) is 0 Å². The highest BCUT2D eigenvalue weighted by Crippen LogP contribution is 2.37. The molecule has 3 heterocycles. The summed E-state index contributed by atoms with van der Waals surface area (Å²) in [5.41, 5.74) is -2.91. The first-order valence-corrected chi connectivity index (χ1v) is 12.3. The van der Waals surface area contributed by atoms with Gasteiger partial charge in [0.05, 0.1) is 31.2 Å². The second-order valence-electron chi connectivity index (χ2n) is 8.10. The van der Waals surface area contributed by atoms with Gasteiger partial charge < -0.3 is 13.7 Å². The molecule has 0 fully saturated rings. The van der Waals surface area contributed by atoms with Gasteiger partial charge >= 0.3 is 12.4 Å². The van der Waals surface area contributed by atoms with Crippen LogP contribution in [0.3, 0.4) is 0 Å². The van der Waals surface area contributed by atoms with Gasteiger partial charge in [-0.15, -0.1) is 0 Å². The van der Waals surface area contributed by atoms with Gasteiger partial charge in [0, 0.05) is 32.0 Å². The Balaban J connectivity index is 2.14. The van der Waals surface area contributed by atoms with Crippen LogP contribution in [0.1, 0.15) is 25.4 Å². The maximum absolute atomic E-state index is 13.6. The number of alkyl halides is 6. The number of rotatable bonds is 4. The molecule has 8 nitrogen and oxygen atoms in total. The van der Waals surface area contributed by atoms with E-state index in [1.165, 1.54) is 25.5 Å². The third-order valence-electron chi connectivity index (χ3n) is 5.98. The van der Waals surface area contributed by atoms with E-state index in [9.17, 15) is 35.3 Å². The average molecular weight is 534 g/mol. The van der Waals surface area contributed by atoms with Crippen LogP contribution in [-0.2, 0) is 42.7 Å². The molecular formula is C21H20F6N6O2S. The summed E-state index contributed by atoms with van der Waals surface area (Å²) in [4.78, 5) is 20.6. The van der Waals surface area contributed by atoms with E-state index in [-0.39, 0.29) is 50.6 Å². The van der Waals surface area contributed by atoms with Crippen LogP contribution in [0.5, 0.6) is 0 Å². The number of nitrogens with zero attached hydrogens (tertiary/aromatic N) is 5. The van der Waals surface area contributed by atoms with Gasteiger partial charge in [-0.1, -0.05) is 6.92 Å². The SMILES string of the molecule is CCn1c(C(F)(F)F)cc2nc(-c3cc4nc(C(F)(F)F)n(C)c4cc3S(=N)(=O)CC)n(C)c2c1=O. The largest absolute Gasteiger partial charge is 0.449 e. The van der Waals surface area contributed by atoms with Crippen molar-refractivity contribution in [2.75, 3.05) is 5.75 Å². The molecule has 4 rings (SSSR count). The number of halogens is 6. The van der Waals surface area contributed by atoms with Crippen LogP contribution in [0.15, 0.2) is 27.9 Å². The summed E-state index contributed by atoms with van der Waals surface area (Å²) in [5, 5.41) is 0. The summed E-state index contributed by atoms with van der Waals surface area (Å²) < 4.78 is 105. The highest BCUT2D eigenvalue weighted by Gasteiger charge is 2.38. The van der Waals surface area contributed by atoms with E-state index in [2.05, 4.69) is 9.97 Å². The van der Waals surface area contributed by atoms with Crippen LogP contribution >= 0.6 is 0 Å². The molecule has 0 saturated heterocycles. The predicted molar refractivity (Wildman–Crippen MR) is 120 cm³/mol. The van der Waals surface area contributed by atoms with Crippen LogP contribution in [0.4, 0.5) is 26.3 Å². The van der Waals surface area contributed by atoms with Crippen molar-refractivity contribution in [1.82, 2.24) is 23.7 Å². The number of aryl methyl sites for hydroxylation is 2. The minimum atomic E-state index is -4.84. The van der Waals surface area contributed by atoms with E-state index in [0.717, 1.165) is 23.7 Å². The third kappa shape index (κ3) is 3.85. The van der Waals surface area contributed by atoms with Gasteiger partial charge in [0.2, 0.25) is 5.82 Å². The number of fused-ring (bicyclic) bond motifs is 2. The third-order valence-corrected chi connectivity index (χ3v) is 7.84. The highest BCUT2D eigenvalue weighted by molar-refractivity contribution is 7.92.